The van der Waals surface area contributed by atoms with E-state index in [0.717, 1.165) is 11.1 Å². The van der Waals surface area contributed by atoms with Crippen molar-refractivity contribution in [3.63, 3.8) is 0 Å². The van der Waals surface area contributed by atoms with Crippen LogP contribution in [0.4, 0.5) is 5.69 Å². The lowest BCUT2D eigenvalue weighted by Crippen LogP contribution is -2.39. The summed E-state index contributed by atoms with van der Waals surface area (Å²) in [4.78, 5) is 42.4. The Hall–Kier alpha value is -4.57. The molecule has 2 aromatic carbocycles. The molecule has 0 spiro atoms. The number of allylic oxidation sites excluding steroid dienone is 1. The number of nitrogens with zero attached hydrogens (tertiary/aromatic N) is 3. The van der Waals surface area contributed by atoms with Gasteiger partial charge in [-0.2, -0.15) is 0 Å². The minimum Gasteiger partial charge on any atom is -0.463 e. The van der Waals surface area contributed by atoms with Crippen molar-refractivity contribution >= 4 is 29.1 Å². The Morgan fingerprint density at radius 2 is 1.95 bits per heavy atom. The van der Waals surface area contributed by atoms with Crippen LogP contribution in [-0.2, 0) is 9.53 Å². The summed E-state index contributed by atoms with van der Waals surface area (Å²) in [6.45, 7) is 5.51. The number of aromatic nitrogens is 1. The van der Waals surface area contributed by atoms with E-state index in [1.165, 1.54) is 28.0 Å². The highest BCUT2D eigenvalue weighted by Crippen LogP contribution is 2.31. The Bertz CT molecular complexity index is 1780. The first-order chi connectivity index (χ1) is 18.3. The van der Waals surface area contributed by atoms with E-state index >= 15 is 0 Å². The zero-order chi connectivity index (χ0) is 27.0. The number of benzene rings is 2. The number of hydrogen-bond donors (Lipinski definition) is 0. The standard InChI is InChI=1S/C28H23N3O6S/c1-4-36-27(33)24-17(3)29-28-30(25(24)18-8-6-5-7-9-18)26(32)23(38-28)15-20-12-13-22(37-20)21-14-19(31(34)35)11-10-16(21)2/h5-15,25H,4H2,1-3H3/t25-/m1/s1. The van der Waals surface area contributed by atoms with Crippen LogP contribution in [0.2, 0.25) is 0 Å². The molecular weight excluding hydrogens is 506 g/mol. The summed E-state index contributed by atoms with van der Waals surface area (Å²) in [5, 5.41) is 11.2. The fourth-order valence-electron chi connectivity index (χ4n) is 4.44. The number of fused-ring (bicyclic) bond motifs is 1. The Balaban J connectivity index is 1.62. The fraction of sp³-hybridized carbons (Fsp3) is 0.179. The number of esters is 1. The molecule has 1 atom stereocenters. The molecule has 192 valence electrons. The highest BCUT2D eigenvalue weighted by atomic mass is 32.1. The van der Waals surface area contributed by atoms with Gasteiger partial charge in [0.25, 0.3) is 11.2 Å². The smallest absolute Gasteiger partial charge is 0.338 e. The topological polar surface area (TPSA) is 117 Å². The number of hydrogen-bond acceptors (Lipinski definition) is 8. The molecule has 0 aliphatic carbocycles. The second-order valence-electron chi connectivity index (χ2n) is 8.67. The van der Waals surface area contributed by atoms with Gasteiger partial charge >= 0.3 is 5.97 Å². The minimum absolute atomic E-state index is 0.0365. The summed E-state index contributed by atoms with van der Waals surface area (Å²) in [5.74, 6) is 0.349. The van der Waals surface area contributed by atoms with E-state index in [4.69, 9.17) is 9.15 Å². The number of nitro groups is 1. The SMILES string of the molecule is CCOC(=O)C1=C(C)N=c2sc(=Cc3ccc(-c4cc([N+](=O)[O-])ccc4C)o3)c(=O)n2[C@@H]1c1ccccc1. The van der Waals surface area contributed by atoms with Gasteiger partial charge in [-0.3, -0.25) is 19.5 Å². The Labute approximate surface area is 220 Å². The van der Waals surface area contributed by atoms with Crippen LogP contribution in [0.25, 0.3) is 17.4 Å². The lowest BCUT2D eigenvalue weighted by atomic mass is 9.96. The second-order valence-corrected chi connectivity index (χ2v) is 9.68. The van der Waals surface area contributed by atoms with E-state index in [1.807, 2.05) is 37.3 Å². The molecule has 3 heterocycles. The predicted octanol–water partition coefficient (Wildman–Crippen LogP) is 4.27. The number of rotatable bonds is 6. The molecule has 0 unspecified atom stereocenters. The van der Waals surface area contributed by atoms with Gasteiger partial charge in [0.15, 0.2) is 4.80 Å². The first kappa shape index (κ1) is 25.1. The van der Waals surface area contributed by atoms with Crippen molar-refractivity contribution in [1.82, 2.24) is 4.57 Å². The predicted molar refractivity (Wildman–Crippen MR) is 142 cm³/mol. The number of carbonyl (C=O) groups excluding carboxylic acids is 1. The van der Waals surface area contributed by atoms with Gasteiger partial charge in [-0.1, -0.05) is 47.7 Å². The summed E-state index contributed by atoms with van der Waals surface area (Å²) in [5.41, 5.74) is 2.63. The molecule has 38 heavy (non-hydrogen) atoms. The molecule has 9 nitrogen and oxygen atoms in total. The van der Waals surface area contributed by atoms with Gasteiger partial charge in [-0.15, -0.1) is 0 Å². The van der Waals surface area contributed by atoms with Crippen molar-refractivity contribution < 1.29 is 18.9 Å². The monoisotopic (exact) mass is 529 g/mol. The van der Waals surface area contributed by atoms with Crippen LogP contribution < -0.4 is 14.9 Å². The summed E-state index contributed by atoms with van der Waals surface area (Å²) >= 11 is 1.19. The molecule has 0 bridgehead atoms. The molecule has 5 rings (SSSR count). The van der Waals surface area contributed by atoms with E-state index in [2.05, 4.69) is 4.99 Å². The quantitative estimate of drug-likeness (QED) is 0.209. The maximum Gasteiger partial charge on any atom is 0.338 e. The van der Waals surface area contributed by atoms with Crippen LogP contribution in [0.3, 0.4) is 0 Å². The molecule has 0 radical (unpaired) electrons. The van der Waals surface area contributed by atoms with Crippen molar-refractivity contribution in [2.24, 2.45) is 4.99 Å². The van der Waals surface area contributed by atoms with Gasteiger partial charge in [-0.05, 0) is 44.0 Å². The largest absolute Gasteiger partial charge is 0.463 e. The third-order valence-corrected chi connectivity index (χ3v) is 7.21. The maximum atomic E-state index is 13.7. The van der Waals surface area contributed by atoms with Gasteiger partial charge in [0.2, 0.25) is 0 Å². The van der Waals surface area contributed by atoms with Crippen LogP contribution in [0.5, 0.6) is 0 Å². The first-order valence-electron chi connectivity index (χ1n) is 11.9. The zero-order valence-corrected chi connectivity index (χ0v) is 21.7. The fourth-order valence-corrected chi connectivity index (χ4v) is 5.46. The van der Waals surface area contributed by atoms with E-state index in [1.54, 1.807) is 38.1 Å². The third-order valence-electron chi connectivity index (χ3n) is 6.23. The van der Waals surface area contributed by atoms with E-state index in [-0.39, 0.29) is 17.9 Å². The van der Waals surface area contributed by atoms with Crippen LogP contribution in [0, 0.1) is 17.0 Å². The van der Waals surface area contributed by atoms with E-state index in [9.17, 15) is 19.7 Å². The molecule has 1 aliphatic rings. The van der Waals surface area contributed by atoms with Gasteiger partial charge in [0.05, 0.1) is 33.4 Å². The highest BCUT2D eigenvalue weighted by molar-refractivity contribution is 7.07. The average molecular weight is 530 g/mol. The minimum atomic E-state index is -0.687. The van der Waals surface area contributed by atoms with E-state index in [0.29, 0.717) is 37.7 Å². The highest BCUT2D eigenvalue weighted by Gasteiger charge is 2.33. The molecule has 10 heteroatoms. The van der Waals surface area contributed by atoms with Crippen LogP contribution >= 0.6 is 11.3 Å². The van der Waals surface area contributed by atoms with Crippen molar-refractivity contribution in [3.8, 4) is 11.3 Å². The molecule has 0 saturated carbocycles. The van der Waals surface area contributed by atoms with Crippen molar-refractivity contribution in [3.05, 3.63) is 119 Å². The third kappa shape index (κ3) is 4.50. The van der Waals surface area contributed by atoms with Gasteiger partial charge in [0.1, 0.15) is 11.5 Å². The van der Waals surface area contributed by atoms with Gasteiger partial charge in [0, 0.05) is 23.8 Å². The Kier molecular flexibility index (Phi) is 6.64. The first-order valence-corrected chi connectivity index (χ1v) is 12.7. The Morgan fingerprint density at radius 3 is 2.66 bits per heavy atom. The Morgan fingerprint density at radius 1 is 1.18 bits per heavy atom. The van der Waals surface area contributed by atoms with Crippen molar-refractivity contribution in [2.45, 2.75) is 26.8 Å². The molecule has 2 aromatic heterocycles. The van der Waals surface area contributed by atoms with E-state index < -0.39 is 16.9 Å². The molecule has 0 N–H and O–H groups in total. The van der Waals surface area contributed by atoms with Crippen LogP contribution in [-0.4, -0.2) is 22.1 Å². The molecule has 4 aromatic rings. The molecule has 0 saturated heterocycles. The van der Waals surface area contributed by atoms with Crippen molar-refractivity contribution in [2.75, 3.05) is 6.61 Å². The van der Waals surface area contributed by atoms with Crippen molar-refractivity contribution in [1.29, 1.82) is 0 Å². The lowest BCUT2D eigenvalue weighted by molar-refractivity contribution is -0.384. The average Bonchev–Trinajstić information content (AvgIpc) is 3.48. The van der Waals surface area contributed by atoms with Crippen LogP contribution in [0.1, 0.15) is 36.8 Å². The zero-order valence-electron chi connectivity index (χ0n) is 20.8. The summed E-state index contributed by atoms with van der Waals surface area (Å²) in [7, 11) is 0. The lowest BCUT2D eigenvalue weighted by Gasteiger charge is -2.24. The summed E-state index contributed by atoms with van der Waals surface area (Å²) in [6, 6.07) is 16.6. The number of thiazole rings is 1. The second kappa shape index (κ2) is 10.1. The number of carbonyl (C=O) groups is 1. The number of nitro benzene ring substituents is 1. The van der Waals surface area contributed by atoms with Gasteiger partial charge in [-0.25, -0.2) is 9.79 Å². The molecular formula is C28H23N3O6S. The number of non-ortho nitro benzene ring substituents is 1. The molecule has 0 amide bonds. The maximum absolute atomic E-state index is 13.7. The number of aryl methyl sites for hydroxylation is 1. The number of ether oxygens (including phenoxy) is 1. The summed E-state index contributed by atoms with van der Waals surface area (Å²) < 4.78 is 13.2. The number of furan rings is 1. The normalized spacial score (nSPS) is 15.2. The summed E-state index contributed by atoms with van der Waals surface area (Å²) in [6.07, 6.45) is 1.62. The van der Waals surface area contributed by atoms with Gasteiger partial charge < -0.3 is 9.15 Å². The van der Waals surface area contributed by atoms with Crippen LogP contribution in [0.15, 0.2) is 86.1 Å². The molecule has 0 fully saturated rings. The molecule has 1 aliphatic heterocycles.